The number of hydrogen-bond acceptors (Lipinski definition) is 5. The van der Waals surface area contributed by atoms with E-state index in [-0.39, 0.29) is 12.1 Å². The molecule has 3 amide bonds. The number of amides is 3. The molecule has 0 bridgehead atoms. The van der Waals surface area contributed by atoms with Crippen LogP contribution in [0.25, 0.3) is 11.4 Å². The molecule has 0 fully saturated rings. The molecule has 8 nitrogen and oxygen atoms in total. The number of benzene rings is 1. The van der Waals surface area contributed by atoms with Crippen LogP contribution in [-0.4, -0.2) is 26.7 Å². The van der Waals surface area contributed by atoms with Crippen LogP contribution in [0.5, 0.6) is 0 Å². The fraction of sp³-hybridized carbons (Fsp3) is 0.333. The summed E-state index contributed by atoms with van der Waals surface area (Å²) >= 11 is 1.40. The number of primary amides is 1. The lowest BCUT2D eigenvalue weighted by Crippen LogP contribution is -2.34. The van der Waals surface area contributed by atoms with E-state index in [9.17, 15) is 14.0 Å². The molecule has 1 atom stereocenters. The molecule has 1 aliphatic rings. The number of hydrogen-bond donors (Lipinski definition) is 3. The lowest BCUT2D eigenvalue weighted by atomic mass is 10.1. The van der Waals surface area contributed by atoms with Crippen molar-refractivity contribution in [2.45, 2.75) is 44.7 Å². The van der Waals surface area contributed by atoms with E-state index in [0.29, 0.717) is 11.4 Å². The minimum atomic E-state index is -0.730. The van der Waals surface area contributed by atoms with Crippen LogP contribution in [-0.2, 0) is 17.8 Å². The van der Waals surface area contributed by atoms with Gasteiger partial charge in [-0.2, -0.15) is 0 Å². The molecule has 1 aromatic carbocycles. The molecule has 2 aromatic heterocycles. The topological polar surface area (TPSA) is 115 Å². The van der Waals surface area contributed by atoms with E-state index in [2.05, 4.69) is 25.4 Å². The van der Waals surface area contributed by atoms with Crippen molar-refractivity contribution >= 4 is 29.0 Å². The Bertz CT molecular complexity index is 1080. The van der Waals surface area contributed by atoms with E-state index in [1.807, 2.05) is 11.4 Å². The quantitative estimate of drug-likeness (QED) is 0.541. The number of aryl methyl sites for hydroxylation is 1. The van der Waals surface area contributed by atoms with Gasteiger partial charge in [-0.05, 0) is 42.5 Å². The average Bonchev–Trinajstić information content (AvgIpc) is 3.34. The third-order valence-corrected chi connectivity index (χ3v) is 6.19. The van der Waals surface area contributed by atoms with Gasteiger partial charge < -0.3 is 20.9 Å². The summed E-state index contributed by atoms with van der Waals surface area (Å²) < 4.78 is 16.5. The van der Waals surface area contributed by atoms with Gasteiger partial charge in [-0.25, -0.2) is 9.18 Å². The number of urea groups is 1. The van der Waals surface area contributed by atoms with Crippen molar-refractivity contribution in [2.24, 2.45) is 5.73 Å². The number of nitrogens with zero attached hydrogens (tertiary/aromatic N) is 3. The van der Waals surface area contributed by atoms with Crippen LogP contribution in [0, 0.1) is 5.82 Å². The van der Waals surface area contributed by atoms with Gasteiger partial charge >= 0.3 is 6.03 Å². The van der Waals surface area contributed by atoms with Crippen LogP contribution in [0.15, 0.2) is 35.7 Å². The standard InChI is InChI=1S/C21H23FN6O2S/c22-14-8-7-13(20-27-26-18-6-2-1-3-9-28(18)20)11-15(14)24-19(29)12-16(25-21(23)30)17-5-4-10-31-17/h4-5,7-8,10-11,16H,1-3,6,9,12H2,(H,24,29)(H3,23,25,30). The van der Waals surface area contributed by atoms with Crippen molar-refractivity contribution in [3.8, 4) is 11.4 Å². The van der Waals surface area contributed by atoms with Crippen molar-refractivity contribution in [2.75, 3.05) is 5.32 Å². The zero-order valence-corrected chi connectivity index (χ0v) is 17.6. The van der Waals surface area contributed by atoms with Gasteiger partial charge in [0.1, 0.15) is 11.6 Å². The van der Waals surface area contributed by atoms with Gasteiger partial charge in [-0.15, -0.1) is 21.5 Å². The monoisotopic (exact) mass is 442 g/mol. The summed E-state index contributed by atoms with van der Waals surface area (Å²) in [4.78, 5) is 24.7. The van der Waals surface area contributed by atoms with E-state index in [1.54, 1.807) is 18.2 Å². The van der Waals surface area contributed by atoms with Crippen LogP contribution in [0.3, 0.4) is 0 Å². The Hall–Kier alpha value is -3.27. The highest BCUT2D eigenvalue weighted by atomic mass is 32.1. The smallest absolute Gasteiger partial charge is 0.312 e. The number of halogens is 1. The first-order valence-electron chi connectivity index (χ1n) is 10.1. The molecule has 0 saturated heterocycles. The molecule has 4 rings (SSSR count). The third-order valence-electron chi connectivity index (χ3n) is 5.20. The number of fused-ring (bicyclic) bond motifs is 1. The SMILES string of the molecule is NC(=O)NC(CC(=O)Nc1cc(-c2nnc3n2CCCCC3)ccc1F)c1cccs1. The van der Waals surface area contributed by atoms with Crippen LogP contribution >= 0.6 is 11.3 Å². The van der Waals surface area contributed by atoms with Crippen molar-refractivity contribution in [1.82, 2.24) is 20.1 Å². The molecule has 0 aliphatic carbocycles. The summed E-state index contributed by atoms with van der Waals surface area (Å²) in [5.74, 6) is 0.601. The van der Waals surface area contributed by atoms with Gasteiger partial charge in [-0.1, -0.05) is 12.5 Å². The summed E-state index contributed by atoms with van der Waals surface area (Å²) in [6.07, 6.45) is 4.05. The minimum Gasteiger partial charge on any atom is -0.352 e. The van der Waals surface area contributed by atoms with Gasteiger partial charge in [0.05, 0.1) is 18.2 Å². The molecule has 31 heavy (non-hydrogen) atoms. The van der Waals surface area contributed by atoms with Crippen LogP contribution < -0.4 is 16.4 Å². The van der Waals surface area contributed by atoms with E-state index in [1.165, 1.54) is 17.4 Å². The highest BCUT2D eigenvalue weighted by Gasteiger charge is 2.21. The maximum atomic E-state index is 14.5. The van der Waals surface area contributed by atoms with Crippen molar-refractivity contribution in [1.29, 1.82) is 0 Å². The van der Waals surface area contributed by atoms with Gasteiger partial charge in [0.25, 0.3) is 0 Å². The molecule has 3 heterocycles. The van der Waals surface area contributed by atoms with Crippen molar-refractivity contribution in [3.63, 3.8) is 0 Å². The van der Waals surface area contributed by atoms with E-state index < -0.39 is 23.8 Å². The van der Waals surface area contributed by atoms with Crippen LogP contribution in [0.1, 0.15) is 42.4 Å². The van der Waals surface area contributed by atoms with Crippen LogP contribution in [0.4, 0.5) is 14.9 Å². The molecular formula is C21H23FN6O2S. The molecule has 1 aliphatic heterocycles. The summed E-state index contributed by atoms with van der Waals surface area (Å²) in [5.41, 5.74) is 5.98. The van der Waals surface area contributed by atoms with Gasteiger partial charge in [0.15, 0.2) is 5.82 Å². The summed E-state index contributed by atoms with van der Waals surface area (Å²) in [7, 11) is 0. The Kier molecular flexibility index (Phi) is 6.26. The fourth-order valence-corrected chi connectivity index (χ4v) is 4.51. The Morgan fingerprint density at radius 3 is 2.87 bits per heavy atom. The van der Waals surface area contributed by atoms with Gasteiger partial charge in [0, 0.05) is 23.4 Å². The largest absolute Gasteiger partial charge is 0.352 e. The molecule has 1 unspecified atom stereocenters. The molecule has 162 valence electrons. The second-order valence-electron chi connectivity index (χ2n) is 7.43. The number of nitrogens with one attached hydrogen (secondary N) is 2. The first kappa shape index (κ1) is 21.0. The first-order valence-corrected chi connectivity index (χ1v) is 11.0. The molecular weight excluding hydrogens is 419 g/mol. The first-order chi connectivity index (χ1) is 15.0. The highest BCUT2D eigenvalue weighted by Crippen LogP contribution is 2.28. The molecule has 10 heteroatoms. The number of nitrogens with two attached hydrogens (primary N) is 1. The predicted octanol–water partition coefficient (Wildman–Crippen LogP) is 3.61. The molecule has 0 radical (unpaired) electrons. The summed E-state index contributed by atoms with van der Waals surface area (Å²) in [6.45, 7) is 0.817. The Balaban J connectivity index is 1.53. The zero-order valence-electron chi connectivity index (χ0n) is 16.8. The summed E-state index contributed by atoms with van der Waals surface area (Å²) in [5, 5.41) is 15.6. The maximum Gasteiger partial charge on any atom is 0.312 e. The normalized spacial score (nSPS) is 14.4. The number of rotatable bonds is 6. The molecule has 0 saturated carbocycles. The van der Waals surface area contributed by atoms with Gasteiger partial charge in [0.2, 0.25) is 5.91 Å². The lowest BCUT2D eigenvalue weighted by Gasteiger charge is -2.16. The number of carbonyl (C=O) groups is 2. The molecule has 4 N–H and O–H groups in total. The number of thiophene rings is 1. The van der Waals surface area contributed by atoms with Crippen molar-refractivity contribution in [3.05, 3.63) is 52.2 Å². The fourth-order valence-electron chi connectivity index (χ4n) is 3.73. The summed E-state index contributed by atoms with van der Waals surface area (Å²) in [6, 6.07) is 6.81. The predicted molar refractivity (Wildman–Crippen MR) is 116 cm³/mol. The third kappa shape index (κ3) is 4.91. The van der Waals surface area contributed by atoms with E-state index in [4.69, 9.17) is 5.73 Å². The van der Waals surface area contributed by atoms with E-state index in [0.717, 1.165) is 42.9 Å². The highest BCUT2D eigenvalue weighted by molar-refractivity contribution is 7.10. The van der Waals surface area contributed by atoms with Crippen LogP contribution in [0.2, 0.25) is 0 Å². The second kappa shape index (κ2) is 9.25. The van der Waals surface area contributed by atoms with Gasteiger partial charge in [-0.3, -0.25) is 4.79 Å². The van der Waals surface area contributed by atoms with E-state index >= 15 is 0 Å². The lowest BCUT2D eigenvalue weighted by molar-refractivity contribution is -0.116. The number of carbonyl (C=O) groups excluding carboxylic acids is 2. The Labute approximate surface area is 182 Å². The second-order valence-corrected chi connectivity index (χ2v) is 8.40. The van der Waals surface area contributed by atoms with Crippen molar-refractivity contribution < 1.29 is 14.0 Å². The zero-order chi connectivity index (χ0) is 21.8. The molecule has 0 spiro atoms. The Morgan fingerprint density at radius 2 is 2.10 bits per heavy atom. The number of anilines is 1. The molecule has 3 aromatic rings. The number of aromatic nitrogens is 3. The maximum absolute atomic E-state index is 14.5. The minimum absolute atomic E-state index is 0.0532. The average molecular weight is 443 g/mol. The Morgan fingerprint density at radius 1 is 1.23 bits per heavy atom.